The summed E-state index contributed by atoms with van der Waals surface area (Å²) in [6.07, 6.45) is 4.87. The fraction of sp³-hybridized carbons (Fsp3) is 0.588. The van der Waals surface area contributed by atoms with E-state index in [1.54, 1.807) is 0 Å². The van der Waals surface area contributed by atoms with E-state index < -0.39 is 12.0 Å². The first-order valence-electron chi connectivity index (χ1n) is 7.49. The van der Waals surface area contributed by atoms with Crippen LogP contribution in [-0.4, -0.2) is 17.6 Å². The Hall–Kier alpha value is -1.35. The summed E-state index contributed by atoms with van der Waals surface area (Å²) in [7, 11) is 0. The van der Waals surface area contributed by atoms with Crippen molar-refractivity contribution in [3.8, 4) is 0 Å². The monoisotopic (exact) mass is 275 g/mol. The highest BCUT2D eigenvalue weighted by Gasteiger charge is 2.28. The number of hydrogen-bond acceptors (Lipinski definition) is 2. The predicted octanol–water partition coefficient (Wildman–Crippen LogP) is 3.62. The molecular weight excluding hydrogens is 250 g/mol. The van der Waals surface area contributed by atoms with Crippen LogP contribution in [0.15, 0.2) is 30.3 Å². The summed E-state index contributed by atoms with van der Waals surface area (Å²) in [6, 6.07) is 8.83. The largest absolute Gasteiger partial charge is 0.480 e. The molecule has 3 heteroatoms. The Morgan fingerprint density at radius 1 is 1.30 bits per heavy atom. The summed E-state index contributed by atoms with van der Waals surface area (Å²) >= 11 is 0. The van der Waals surface area contributed by atoms with Crippen LogP contribution in [0.3, 0.4) is 0 Å². The lowest BCUT2D eigenvalue weighted by atomic mass is 9.73. The molecule has 0 bridgehead atoms. The first kappa shape index (κ1) is 15.0. The molecule has 0 aromatic heterocycles. The molecule has 0 spiro atoms. The van der Waals surface area contributed by atoms with Gasteiger partial charge in [0.1, 0.15) is 6.04 Å². The normalized spacial score (nSPS) is 20.5. The molecule has 0 amide bonds. The first-order chi connectivity index (χ1) is 9.48. The van der Waals surface area contributed by atoms with Gasteiger partial charge in [0.15, 0.2) is 0 Å². The van der Waals surface area contributed by atoms with E-state index >= 15 is 0 Å². The zero-order valence-electron chi connectivity index (χ0n) is 12.4. The fourth-order valence-electron chi connectivity index (χ4n) is 2.94. The molecule has 0 heterocycles. The number of carboxylic acids is 1. The third-order valence-corrected chi connectivity index (χ3v) is 4.45. The molecule has 110 valence electrons. The van der Waals surface area contributed by atoms with Crippen LogP contribution in [-0.2, 0) is 4.79 Å². The summed E-state index contributed by atoms with van der Waals surface area (Å²) in [6.45, 7) is 5.43. The maximum Gasteiger partial charge on any atom is 0.325 e. The molecule has 20 heavy (non-hydrogen) atoms. The van der Waals surface area contributed by atoms with E-state index in [0.717, 1.165) is 12.1 Å². The van der Waals surface area contributed by atoms with Crippen molar-refractivity contribution in [3.63, 3.8) is 0 Å². The number of hydrogen-bond donors (Lipinski definition) is 2. The van der Waals surface area contributed by atoms with Crippen LogP contribution in [0.1, 0.15) is 51.1 Å². The van der Waals surface area contributed by atoms with Gasteiger partial charge in [0.2, 0.25) is 0 Å². The average molecular weight is 275 g/mol. The Morgan fingerprint density at radius 3 is 2.45 bits per heavy atom. The molecule has 0 radical (unpaired) electrons. The number of carboxylic acid groups (broad SMARTS) is 1. The van der Waals surface area contributed by atoms with E-state index in [4.69, 9.17) is 0 Å². The fourth-order valence-corrected chi connectivity index (χ4v) is 2.94. The van der Waals surface area contributed by atoms with Gasteiger partial charge >= 0.3 is 5.97 Å². The van der Waals surface area contributed by atoms with Gasteiger partial charge in [-0.3, -0.25) is 4.79 Å². The van der Waals surface area contributed by atoms with Gasteiger partial charge in [-0.25, -0.2) is 0 Å². The van der Waals surface area contributed by atoms with E-state index in [2.05, 4.69) is 19.2 Å². The standard InChI is InChI=1S/C17H25NO2/c1-17(2)10-8-13(9-11-17)12-18-15(16(19)20)14-6-4-3-5-7-14/h3-7,13,15,18H,8-12H2,1-2H3,(H,19,20)/t15-/m0/s1. The molecule has 1 aliphatic carbocycles. The van der Waals surface area contributed by atoms with E-state index in [9.17, 15) is 9.90 Å². The lowest BCUT2D eigenvalue weighted by Crippen LogP contribution is -2.34. The SMILES string of the molecule is CC1(C)CCC(CN[C@H](C(=O)O)c2ccccc2)CC1. The van der Waals surface area contributed by atoms with Crippen molar-refractivity contribution >= 4 is 5.97 Å². The second kappa shape index (κ2) is 6.40. The predicted molar refractivity (Wildman–Crippen MR) is 80.6 cm³/mol. The highest BCUT2D eigenvalue weighted by molar-refractivity contribution is 5.75. The van der Waals surface area contributed by atoms with Crippen molar-refractivity contribution in [2.45, 2.75) is 45.6 Å². The van der Waals surface area contributed by atoms with Crippen molar-refractivity contribution in [1.29, 1.82) is 0 Å². The second-order valence-electron chi connectivity index (χ2n) is 6.70. The van der Waals surface area contributed by atoms with Crippen LogP contribution in [0.4, 0.5) is 0 Å². The molecule has 1 fully saturated rings. The molecule has 1 aromatic carbocycles. The Bertz CT molecular complexity index is 432. The number of nitrogens with one attached hydrogen (secondary N) is 1. The quantitative estimate of drug-likeness (QED) is 0.863. The van der Waals surface area contributed by atoms with Gasteiger partial charge in [-0.1, -0.05) is 44.2 Å². The first-order valence-corrected chi connectivity index (χ1v) is 7.49. The number of aliphatic carboxylic acids is 1. The zero-order chi connectivity index (χ0) is 14.6. The van der Waals surface area contributed by atoms with Gasteiger partial charge < -0.3 is 10.4 Å². The minimum absolute atomic E-state index is 0.460. The number of rotatable bonds is 5. The molecule has 2 rings (SSSR count). The summed E-state index contributed by atoms with van der Waals surface area (Å²) < 4.78 is 0. The maximum absolute atomic E-state index is 11.4. The van der Waals surface area contributed by atoms with Crippen LogP contribution in [0.2, 0.25) is 0 Å². The Kier molecular flexibility index (Phi) is 4.81. The summed E-state index contributed by atoms with van der Waals surface area (Å²) in [4.78, 5) is 11.4. The average Bonchev–Trinajstić information content (AvgIpc) is 2.41. The van der Waals surface area contributed by atoms with E-state index in [1.165, 1.54) is 25.7 Å². The van der Waals surface area contributed by atoms with Gasteiger partial charge in [-0.15, -0.1) is 0 Å². The van der Waals surface area contributed by atoms with Crippen molar-refractivity contribution in [2.75, 3.05) is 6.54 Å². The maximum atomic E-state index is 11.4. The summed E-state index contributed by atoms with van der Waals surface area (Å²) in [5.41, 5.74) is 1.29. The van der Waals surface area contributed by atoms with Crippen LogP contribution in [0.25, 0.3) is 0 Å². The summed E-state index contributed by atoms with van der Waals surface area (Å²) in [5, 5.41) is 12.6. The topological polar surface area (TPSA) is 49.3 Å². The third-order valence-electron chi connectivity index (χ3n) is 4.45. The lowest BCUT2D eigenvalue weighted by Gasteiger charge is -2.34. The Balaban J connectivity index is 1.89. The van der Waals surface area contributed by atoms with Gasteiger partial charge in [-0.05, 0) is 49.1 Å². The van der Waals surface area contributed by atoms with Crippen molar-refractivity contribution < 1.29 is 9.90 Å². The van der Waals surface area contributed by atoms with Crippen LogP contribution >= 0.6 is 0 Å². The molecule has 0 aliphatic heterocycles. The van der Waals surface area contributed by atoms with Gasteiger partial charge in [0, 0.05) is 0 Å². The Labute approximate surface area is 121 Å². The highest BCUT2D eigenvalue weighted by atomic mass is 16.4. The van der Waals surface area contributed by atoms with Gasteiger partial charge in [0.05, 0.1) is 0 Å². The molecule has 1 saturated carbocycles. The number of carbonyl (C=O) groups is 1. The van der Waals surface area contributed by atoms with Crippen molar-refractivity contribution in [2.24, 2.45) is 11.3 Å². The Morgan fingerprint density at radius 2 is 1.90 bits per heavy atom. The molecule has 1 aromatic rings. The number of benzene rings is 1. The van der Waals surface area contributed by atoms with Crippen molar-refractivity contribution in [3.05, 3.63) is 35.9 Å². The van der Waals surface area contributed by atoms with E-state index in [1.807, 2.05) is 30.3 Å². The minimum atomic E-state index is -0.799. The lowest BCUT2D eigenvalue weighted by molar-refractivity contribution is -0.139. The van der Waals surface area contributed by atoms with Crippen LogP contribution in [0.5, 0.6) is 0 Å². The van der Waals surface area contributed by atoms with Crippen LogP contribution in [0, 0.1) is 11.3 Å². The second-order valence-corrected chi connectivity index (χ2v) is 6.70. The zero-order valence-corrected chi connectivity index (χ0v) is 12.4. The van der Waals surface area contributed by atoms with Crippen LogP contribution < -0.4 is 5.32 Å². The summed E-state index contributed by atoms with van der Waals surface area (Å²) in [5.74, 6) is -0.194. The molecule has 1 atom stereocenters. The van der Waals surface area contributed by atoms with E-state index in [-0.39, 0.29) is 0 Å². The molecule has 2 N–H and O–H groups in total. The minimum Gasteiger partial charge on any atom is -0.480 e. The van der Waals surface area contributed by atoms with Crippen molar-refractivity contribution in [1.82, 2.24) is 5.32 Å². The third kappa shape index (κ3) is 4.07. The van der Waals surface area contributed by atoms with Gasteiger partial charge in [-0.2, -0.15) is 0 Å². The van der Waals surface area contributed by atoms with E-state index in [0.29, 0.717) is 11.3 Å². The highest BCUT2D eigenvalue weighted by Crippen LogP contribution is 2.37. The molecule has 3 nitrogen and oxygen atoms in total. The molecule has 0 unspecified atom stereocenters. The van der Waals surface area contributed by atoms with Gasteiger partial charge in [0.25, 0.3) is 0 Å². The molecular formula is C17H25NO2. The molecule has 1 aliphatic rings. The smallest absolute Gasteiger partial charge is 0.325 e. The molecule has 0 saturated heterocycles.